The molecule has 1 atom stereocenters. The Kier molecular flexibility index (Phi) is 5.09. The molecule has 0 bridgehead atoms. The first kappa shape index (κ1) is 14.9. The Hall–Kier alpha value is -1.15. The summed E-state index contributed by atoms with van der Waals surface area (Å²) in [5, 5.41) is 2.77. The molecule has 0 spiro atoms. The Bertz CT molecular complexity index is 368. The Labute approximate surface area is 113 Å². The number of carbonyl (C=O) groups excluding carboxylic acids is 2. The van der Waals surface area contributed by atoms with Crippen LogP contribution < -0.4 is 5.32 Å². The average Bonchev–Trinajstić information content (AvgIpc) is 2.27. The second-order valence-corrected chi connectivity index (χ2v) is 6.49. The van der Waals surface area contributed by atoms with Crippen LogP contribution in [0.1, 0.15) is 20.8 Å². The zero-order valence-electron chi connectivity index (χ0n) is 11.2. The number of carbonyl (C=O) groups is 2. The molecule has 1 rings (SSSR count). The summed E-state index contributed by atoms with van der Waals surface area (Å²) < 4.78 is 0. The van der Waals surface area contributed by atoms with Crippen molar-refractivity contribution in [2.75, 3.05) is 24.6 Å². The summed E-state index contributed by atoms with van der Waals surface area (Å²) in [5.74, 6) is 3.86. The van der Waals surface area contributed by atoms with Crippen molar-refractivity contribution in [1.29, 1.82) is 0 Å². The Morgan fingerprint density at radius 3 is 2.72 bits per heavy atom. The smallest absolute Gasteiger partial charge is 0.246 e. The molecule has 0 aliphatic carbocycles. The van der Waals surface area contributed by atoms with Gasteiger partial charge in [-0.3, -0.25) is 9.59 Å². The minimum Gasteiger partial charge on any atom is -0.342 e. The molecule has 2 amide bonds. The van der Waals surface area contributed by atoms with Crippen molar-refractivity contribution in [2.45, 2.75) is 26.8 Å². The highest BCUT2D eigenvalue weighted by Crippen LogP contribution is 2.23. The second-order valence-electron chi connectivity index (χ2n) is 5.38. The summed E-state index contributed by atoms with van der Waals surface area (Å²) in [6.45, 7) is 6.58. The number of hydrogen-bond acceptors (Lipinski definition) is 3. The minimum absolute atomic E-state index is 0.00316. The highest BCUT2D eigenvalue weighted by atomic mass is 32.2. The standard InChI is InChI=1S/C13H20N2O2S/c1-5-7-18-8-6-15-9-10(16)14-11(12(15)17)13(2,3)4/h1,11H,6-9H2,2-4H3,(H,14,16). The van der Waals surface area contributed by atoms with Gasteiger partial charge in [-0.25, -0.2) is 0 Å². The first-order valence-electron chi connectivity index (χ1n) is 5.95. The lowest BCUT2D eigenvalue weighted by Crippen LogP contribution is -2.62. The molecule has 1 aliphatic heterocycles. The first-order chi connectivity index (χ1) is 8.36. The summed E-state index contributed by atoms with van der Waals surface area (Å²) in [5.41, 5.74) is -0.266. The SMILES string of the molecule is C#CCSCCN1CC(=O)NC(C(C)(C)C)C1=O. The summed E-state index contributed by atoms with van der Waals surface area (Å²) >= 11 is 1.60. The van der Waals surface area contributed by atoms with Crippen molar-refractivity contribution in [3.63, 3.8) is 0 Å². The highest BCUT2D eigenvalue weighted by molar-refractivity contribution is 7.99. The lowest BCUT2D eigenvalue weighted by Gasteiger charge is -2.38. The monoisotopic (exact) mass is 268 g/mol. The Balaban J connectivity index is 2.60. The third kappa shape index (κ3) is 3.95. The van der Waals surface area contributed by atoms with E-state index in [0.717, 1.165) is 5.75 Å². The van der Waals surface area contributed by atoms with Gasteiger partial charge in [-0.05, 0) is 5.41 Å². The molecule has 100 valence electrons. The van der Waals surface area contributed by atoms with E-state index in [1.165, 1.54) is 0 Å². The predicted octanol–water partition coefficient (Wildman–Crippen LogP) is 0.726. The van der Waals surface area contributed by atoms with Crippen molar-refractivity contribution < 1.29 is 9.59 Å². The van der Waals surface area contributed by atoms with Crippen LogP contribution in [-0.2, 0) is 9.59 Å². The van der Waals surface area contributed by atoms with Crippen LogP contribution in [0.5, 0.6) is 0 Å². The molecule has 1 unspecified atom stereocenters. The van der Waals surface area contributed by atoms with Crippen molar-refractivity contribution in [3.8, 4) is 12.3 Å². The van der Waals surface area contributed by atoms with Gasteiger partial charge in [-0.1, -0.05) is 26.7 Å². The fourth-order valence-corrected chi connectivity index (χ4v) is 2.40. The van der Waals surface area contributed by atoms with Gasteiger partial charge in [0.2, 0.25) is 11.8 Å². The maximum absolute atomic E-state index is 12.2. The molecule has 1 aliphatic rings. The van der Waals surface area contributed by atoms with E-state index in [-0.39, 0.29) is 23.8 Å². The molecule has 1 saturated heterocycles. The number of amides is 2. The van der Waals surface area contributed by atoms with Crippen molar-refractivity contribution in [3.05, 3.63) is 0 Å². The lowest BCUT2D eigenvalue weighted by molar-refractivity contribution is -0.147. The number of piperazine rings is 1. The fourth-order valence-electron chi connectivity index (χ4n) is 1.78. The maximum atomic E-state index is 12.2. The van der Waals surface area contributed by atoms with Crippen molar-refractivity contribution in [1.82, 2.24) is 10.2 Å². The van der Waals surface area contributed by atoms with Crippen LogP contribution in [0.4, 0.5) is 0 Å². The summed E-state index contributed by atoms with van der Waals surface area (Å²) in [6.07, 6.45) is 5.16. The molecule has 0 aromatic rings. The van der Waals surface area contributed by atoms with Crippen LogP contribution in [-0.4, -0.2) is 47.4 Å². The predicted molar refractivity (Wildman–Crippen MR) is 74.1 cm³/mol. The van der Waals surface area contributed by atoms with E-state index in [1.807, 2.05) is 20.8 Å². The van der Waals surface area contributed by atoms with Gasteiger partial charge in [0.25, 0.3) is 0 Å². The Morgan fingerprint density at radius 1 is 1.50 bits per heavy atom. The molecule has 0 radical (unpaired) electrons. The topological polar surface area (TPSA) is 49.4 Å². The average molecular weight is 268 g/mol. The van der Waals surface area contributed by atoms with Crippen LogP contribution in [0.3, 0.4) is 0 Å². The maximum Gasteiger partial charge on any atom is 0.246 e. The first-order valence-corrected chi connectivity index (χ1v) is 7.11. The second kappa shape index (κ2) is 6.14. The van der Waals surface area contributed by atoms with Gasteiger partial charge in [-0.2, -0.15) is 0 Å². The van der Waals surface area contributed by atoms with Gasteiger partial charge in [-0.15, -0.1) is 18.2 Å². The zero-order chi connectivity index (χ0) is 13.8. The van der Waals surface area contributed by atoms with Gasteiger partial charge in [0.15, 0.2) is 0 Å². The minimum atomic E-state index is -0.434. The van der Waals surface area contributed by atoms with E-state index in [1.54, 1.807) is 16.7 Å². The van der Waals surface area contributed by atoms with Crippen LogP contribution in [0.15, 0.2) is 0 Å². The zero-order valence-corrected chi connectivity index (χ0v) is 12.0. The van der Waals surface area contributed by atoms with E-state index < -0.39 is 6.04 Å². The van der Waals surface area contributed by atoms with Crippen molar-refractivity contribution >= 4 is 23.6 Å². The molecule has 1 heterocycles. The highest BCUT2D eigenvalue weighted by Gasteiger charge is 2.39. The van der Waals surface area contributed by atoms with E-state index in [4.69, 9.17) is 6.42 Å². The molecular weight excluding hydrogens is 248 g/mol. The van der Waals surface area contributed by atoms with E-state index in [9.17, 15) is 9.59 Å². The Morgan fingerprint density at radius 2 is 2.17 bits per heavy atom. The molecule has 0 aromatic carbocycles. The molecule has 4 nitrogen and oxygen atoms in total. The van der Waals surface area contributed by atoms with Gasteiger partial charge < -0.3 is 10.2 Å². The molecule has 1 fully saturated rings. The van der Waals surface area contributed by atoms with Gasteiger partial charge >= 0.3 is 0 Å². The molecular formula is C13H20N2O2S. The quantitative estimate of drug-likeness (QED) is 0.604. The van der Waals surface area contributed by atoms with E-state index in [0.29, 0.717) is 12.3 Å². The van der Waals surface area contributed by atoms with Crippen LogP contribution in [0.25, 0.3) is 0 Å². The van der Waals surface area contributed by atoms with E-state index >= 15 is 0 Å². The lowest BCUT2D eigenvalue weighted by atomic mass is 9.85. The van der Waals surface area contributed by atoms with Gasteiger partial charge in [0.1, 0.15) is 6.04 Å². The van der Waals surface area contributed by atoms with Gasteiger partial charge in [0.05, 0.1) is 12.3 Å². The third-order valence-corrected chi connectivity index (χ3v) is 3.60. The normalized spacial score (nSPS) is 20.6. The summed E-state index contributed by atoms with van der Waals surface area (Å²) in [4.78, 5) is 25.5. The number of thioether (sulfide) groups is 1. The molecule has 5 heteroatoms. The molecule has 0 saturated carbocycles. The molecule has 0 aromatic heterocycles. The molecule has 18 heavy (non-hydrogen) atoms. The third-order valence-electron chi connectivity index (χ3n) is 2.76. The van der Waals surface area contributed by atoms with Crippen LogP contribution >= 0.6 is 11.8 Å². The number of nitrogens with one attached hydrogen (secondary N) is 1. The van der Waals surface area contributed by atoms with Crippen molar-refractivity contribution in [2.24, 2.45) is 5.41 Å². The van der Waals surface area contributed by atoms with Crippen LogP contribution in [0, 0.1) is 17.8 Å². The molecule has 1 N–H and O–H groups in total. The van der Waals surface area contributed by atoms with Gasteiger partial charge in [0, 0.05) is 12.3 Å². The summed E-state index contributed by atoms with van der Waals surface area (Å²) in [7, 11) is 0. The largest absolute Gasteiger partial charge is 0.342 e. The fraction of sp³-hybridized carbons (Fsp3) is 0.692. The number of rotatable bonds is 4. The van der Waals surface area contributed by atoms with Crippen LogP contribution in [0.2, 0.25) is 0 Å². The number of hydrogen-bond donors (Lipinski definition) is 1. The number of terminal acetylenes is 1. The summed E-state index contributed by atoms with van der Waals surface area (Å²) in [6, 6.07) is -0.434. The number of nitrogens with zero attached hydrogens (tertiary/aromatic N) is 1. The van der Waals surface area contributed by atoms with E-state index in [2.05, 4.69) is 11.2 Å².